The second-order valence-electron chi connectivity index (χ2n) is 5.39. The molecule has 17 heavy (non-hydrogen) atoms. The molecule has 4 heteroatoms. The maximum Gasteiger partial charge on any atom is 0.225 e. The van der Waals surface area contributed by atoms with Gasteiger partial charge in [0.1, 0.15) is 0 Å². The van der Waals surface area contributed by atoms with Crippen LogP contribution in [0.15, 0.2) is 0 Å². The number of likely N-dealkylation sites (N-methyl/N-ethyl adjacent to an activating group) is 1. The molecule has 1 amide bonds. The Bertz CT molecular complexity index is 264. The molecule has 2 N–H and O–H groups in total. The second-order valence-corrected chi connectivity index (χ2v) is 5.39. The predicted molar refractivity (Wildman–Crippen MR) is 66.6 cm³/mol. The van der Waals surface area contributed by atoms with Crippen molar-refractivity contribution in [2.45, 2.75) is 50.7 Å². The fourth-order valence-corrected chi connectivity index (χ4v) is 3.06. The van der Waals surface area contributed by atoms with E-state index in [1.807, 2.05) is 11.9 Å². The molecular formula is C13H24N2O2. The maximum atomic E-state index is 12.3. The van der Waals surface area contributed by atoms with Crippen LogP contribution < -0.4 is 5.32 Å². The summed E-state index contributed by atoms with van der Waals surface area (Å²) in [7, 11) is 1.86. The van der Waals surface area contributed by atoms with E-state index in [9.17, 15) is 9.90 Å². The van der Waals surface area contributed by atoms with Gasteiger partial charge in [-0.15, -0.1) is 0 Å². The normalized spacial score (nSPS) is 31.2. The number of nitrogens with zero attached hydrogens (tertiary/aromatic N) is 1. The standard InChI is InChI=1S/C13H24N2O2/c1-15(11-4-2-3-5-12(11)16)13(17)10-6-8-14-9-7-10/h10-12,14,16H,2-9H2,1H3. The largest absolute Gasteiger partial charge is 0.391 e. The number of amides is 1. The Hall–Kier alpha value is -0.610. The van der Waals surface area contributed by atoms with Gasteiger partial charge in [0.2, 0.25) is 5.91 Å². The van der Waals surface area contributed by atoms with Crippen LogP contribution in [0.2, 0.25) is 0 Å². The van der Waals surface area contributed by atoms with Gasteiger partial charge < -0.3 is 15.3 Å². The van der Waals surface area contributed by atoms with Crippen molar-refractivity contribution in [2.24, 2.45) is 5.92 Å². The highest BCUT2D eigenvalue weighted by Gasteiger charge is 2.32. The minimum absolute atomic E-state index is 0.0473. The van der Waals surface area contributed by atoms with Gasteiger partial charge in [-0.2, -0.15) is 0 Å². The van der Waals surface area contributed by atoms with E-state index in [1.54, 1.807) is 0 Å². The van der Waals surface area contributed by atoms with Crippen molar-refractivity contribution in [3.8, 4) is 0 Å². The van der Waals surface area contributed by atoms with Crippen LogP contribution in [0.25, 0.3) is 0 Å². The van der Waals surface area contributed by atoms with Gasteiger partial charge in [-0.25, -0.2) is 0 Å². The van der Waals surface area contributed by atoms with Crippen LogP contribution in [-0.2, 0) is 4.79 Å². The van der Waals surface area contributed by atoms with Crippen molar-refractivity contribution in [3.05, 3.63) is 0 Å². The molecule has 2 rings (SSSR count). The zero-order chi connectivity index (χ0) is 12.3. The predicted octanol–water partition coefficient (Wildman–Crippen LogP) is 0.748. The van der Waals surface area contributed by atoms with Gasteiger partial charge in [-0.05, 0) is 38.8 Å². The quantitative estimate of drug-likeness (QED) is 0.749. The molecule has 2 aliphatic rings. The SMILES string of the molecule is CN(C(=O)C1CCNCC1)C1CCCCC1O. The first-order valence-electron chi connectivity index (χ1n) is 6.85. The monoisotopic (exact) mass is 240 g/mol. The summed E-state index contributed by atoms with van der Waals surface area (Å²) < 4.78 is 0. The van der Waals surface area contributed by atoms with Gasteiger partial charge >= 0.3 is 0 Å². The number of carbonyl (C=O) groups excluding carboxylic acids is 1. The van der Waals surface area contributed by atoms with Gasteiger partial charge in [0.05, 0.1) is 12.1 Å². The highest BCUT2D eigenvalue weighted by atomic mass is 16.3. The minimum Gasteiger partial charge on any atom is -0.391 e. The van der Waals surface area contributed by atoms with E-state index < -0.39 is 0 Å². The van der Waals surface area contributed by atoms with Crippen LogP contribution in [0.1, 0.15) is 38.5 Å². The average molecular weight is 240 g/mol. The molecule has 1 aliphatic heterocycles. The lowest BCUT2D eigenvalue weighted by molar-refractivity contribution is -0.140. The lowest BCUT2D eigenvalue weighted by atomic mass is 9.89. The van der Waals surface area contributed by atoms with E-state index in [2.05, 4.69) is 5.32 Å². The van der Waals surface area contributed by atoms with E-state index in [0.29, 0.717) is 0 Å². The van der Waals surface area contributed by atoms with Crippen LogP contribution in [0.5, 0.6) is 0 Å². The van der Waals surface area contributed by atoms with Crippen molar-refractivity contribution in [2.75, 3.05) is 20.1 Å². The molecule has 0 radical (unpaired) electrons. The lowest BCUT2D eigenvalue weighted by Gasteiger charge is -2.37. The Labute approximate surface area is 103 Å². The molecule has 1 saturated heterocycles. The molecule has 0 aromatic rings. The van der Waals surface area contributed by atoms with Crippen molar-refractivity contribution in [1.82, 2.24) is 10.2 Å². The van der Waals surface area contributed by atoms with Crippen molar-refractivity contribution in [3.63, 3.8) is 0 Å². The Kier molecular flexibility index (Phi) is 4.40. The summed E-state index contributed by atoms with van der Waals surface area (Å²) in [5, 5.41) is 13.3. The van der Waals surface area contributed by atoms with E-state index in [4.69, 9.17) is 0 Å². The summed E-state index contributed by atoms with van der Waals surface area (Å²) in [5.74, 6) is 0.396. The van der Waals surface area contributed by atoms with Crippen molar-refractivity contribution in [1.29, 1.82) is 0 Å². The Morgan fingerprint density at radius 3 is 2.47 bits per heavy atom. The lowest BCUT2D eigenvalue weighted by Crippen LogP contribution is -2.49. The second kappa shape index (κ2) is 5.83. The molecular weight excluding hydrogens is 216 g/mol. The number of hydrogen-bond donors (Lipinski definition) is 2. The van der Waals surface area contributed by atoms with Crippen LogP contribution in [0.4, 0.5) is 0 Å². The summed E-state index contributed by atoms with van der Waals surface area (Å²) in [4.78, 5) is 14.1. The van der Waals surface area contributed by atoms with E-state index in [0.717, 1.165) is 51.6 Å². The third-order valence-corrected chi connectivity index (χ3v) is 4.23. The highest BCUT2D eigenvalue weighted by Crippen LogP contribution is 2.25. The summed E-state index contributed by atoms with van der Waals surface area (Å²) >= 11 is 0. The van der Waals surface area contributed by atoms with Crippen LogP contribution in [-0.4, -0.2) is 48.2 Å². The van der Waals surface area contributed by atoms with Gasteiger partial charge in [0.15, 0.2) is 0 Å². The third kappa shape index (κ3) is 2.99. The number of rotatable bonds is 2. The summed E-state index contributed by atoms with van der Waals surface area (Å²) in [6.45, 7) is 1.88. The van der Waals surface area contributed by atoms with Crippen LogP contribution >= 0.6 is 0 Å². The zero-order valence-electron chi connectivity index (χ0n) is 10.7. The molecule has 4 nitrogen and oxygen atoms in total. The molecule has 1 aliphatic carbocycles. The first-order valence-corrected chi connectivity index (χ1v) is 6.85. The first-order chi connectivity index (χ1) is 8.20. The maximum absolute atomic E-state index is 12.3. The number of hydrogen-bond acceptors (Lipinski definition) is 3. The van der Waals surface area contributed by atoms with Crippen molar-refractivity contribution < 1.29 is 9.90 Å². The molecule has 2 unspecified atom stereocenters. The fraction of sp³-hybridized carbons (Fsp3) is 0.923. The molecule has 2 fully saturated rings. The summed E-state index contributed by atoms with van der Waals surface area (Å²) in [6, 6.07) is 0.0473. The number of aliphatic hydroxyl groups is 1. The topological polar surface area (TPSA) is 52.6 Å². The molecule has 2 atom stereocenters. The fourth-order valence-electron chi connectivity index (χ4n) is 3.06. The summed E-state index contributed by atoms with van der Waals surface area (Å²) in [5.41, 5.74) is 0. The van der Waals surface area contributed by atoms with Crippen LogP contribution in [0, 0.1) is 5.92 Å². The number of piperidine rings is 1. The Morgan fingerprint density at radius 1 is 1.18 bits per heavy atom. The highest BCUT2D eigenvalue weighted by molar-refractivity contribution is 5.79. The molecule has 0 bridgehead atoms. The zero-order valence-corrected chi connectivity index (χ0v) is 10.7. The van der Waals surface area contributed by atoms with Gasteiger partial charge in [-0.1, -0.05) is 12.8 Å². The van der Waals surface area contributed by atoms with Gasteiger partial charge in [-0.3, -0.25) is 4.79 Å². The van der Waals surface area contributed by atoms with E-state index in [-0.39, 0.29) is 24.0 Å². The minimum atomic E-state index is -0.320. The number of carbonyl (C=O) groups is 1. The van der Waals surface area contributed by atoms with Crippen molar-refractivity contribution >= 4 is 5.91 Å². The molecule has 0 aromatic carbocycles. The summed E-state index contributed by atoms with van der Waals surface area (Å²) in [6.07, 6.45) is 5.57. The molecule has 0 spiro atoms. The Balaban J connectivity index is 1.92. The molecule has 0 aromatic heterocycles. The van der Waals surface area contributed by atoms with E-state index in [1.165, 1.54) is 0 Å². The van der Waals surface area contributed by atoms with Gasteiger partial charge in [0, 0.05) is 13.0 Å². The third-order valence-electron chi connectivity index (χ3n) is 4.23. The van der Waals surface area contributed by atoms with E-state index >= 15 is 0 Å². The number of nitrogens with one attached hydrogen (secondary N) is 1. The van der Waals surface area contributed by atoms with Crippen LogP contribution in [0.3, 0.4) is 0 Å². The smallest absolute Gasteiger partial charge is 0.225 e. The molecule has 1 saturated carbocycles. The first kappa shape index (κ1) is 12.8. The van der Waals surface area contributed by atoms with Gasteiger partial charge in [0.25, 0.3) is 0 Å². The number of aliphatic hydroxyl groups excluding tert-OH is 1. The Morgan fingerprint density at radius 2 is 1.82 bits per heavy atom. The average Bonchev–Trinajstić information content (AvgIpc) is 2.39. The molecule has 98 valence electrons. The molecule has 1 heterocycles.